The van der Waals surface area contributed by atoms with Gasteiger partial charge in [0.05, 0.1) is 11.0 Å². The van der Waals surface area contributed by atoms with Gasteiger partial charge in [0.15, 0.2) is 0 Å². The van der Waals surface area contributed by atoms with Crippen molar-refractivity contribution in [3.8, 4) is 11.1 Å². The van der Waals surface area contributed by atoms with Crippen LogP contribution in [-0.4, -0.2) is 48.0 Å². The van der Waals surface area contributed by atoms with Gasteiger partial charge in [-0.1, -0.05) is 94.8 Å². The number of hydrogen-bond acceptors (Lipinski definition) is 5. The van der Waals surface area contributed by atoms with Gasteiger partial charge >= 0.3 is 21.6 Å². The van der Waals surface area contributed by atoms with E-state index in [1.165, 1.54) is 18.6 Å². The molecule has 13 heteroatoms. The zero-order valence-electron chi connectivity index (χ0n) is 29.1. The van der Waals surface area contributed by atoms with Crippen LogP contribution in [0.4, 0.5) is 23.7 Å². The lowest BCUT2D eigenvalue weighted by atomic mass is 9.96. The molecule has 1 aromatic heterocycles. The van der Waals surface area contributed by atoms with Crippen LogP contribution < -0.4 is 14.9 Å². The summed E-state index contributed by atoms with van der Waals surface area (Å²) in [5.74, 6) is -0.449. The number of aromatic nitrogens is 2. The summed E-state index contributed by atoms with van der Waals surface area (Å²) in [5, 5.41) is 3.29. The summed E-state index contributed by atoms with van der Waals surface area (Å²) < 4.78 is 65.3. The van der Waals surface area contributed by atoms with Crippen LogP contribution in [0.5, 0.6) is 0 Å². The normalized spacial score (nSPS) is 14.1. The number of anilines is 1. The van der Waals surface area contributed by atoms with Crippen molar-refractivity contribution in [1.29, 1.82) is 0 Å². The van der Waals surface area contributed by atoms with E-state index in [1.54, 1.807) is 24.3 Å². The predicted octanol–water partition coefficient (Wildman–Crippen LogP) is 8.71. The van der Waals surface area contributed by atoms with Gasteiger partial charge in [-0.3, -0.25) is 9.69 Å². The van der Waals surface area contributed by atoms with E-state index >= 15 is 0 Å². The van der Waals surface area contributed by atoms with E-state index in [9.17, 15) is 31.2 Å². The van der Waals surface area contributed by atoms with Crippen LogP contribution in [0.3, 0.4) is 0 Å². The van der Waals surface area contributed by atoms with Crippen molar-refractivity contribution in [2.75, 3.05) is 11.4 Å². The Bertz CT molecular complexity index is 1920. The van der Waals surface area contributed by atoms with E-state index in [0.717, 1.165) is 97.0 Å². The third-order valence-corrected chi connectivity index (χ3v) is 10.4. The molecule has 1 fully saturated rings. The molecule has 0 atom stereocenters. The third-order valence-electron chi connectivity index (χ3n) is 9.35. The van der Waals surface area contributed by atoms with Gasteiger partial charge < -0.3 is 9.88 Å². The average molecular weight is 726 g/mol. The summed E-state index contributed by atoms with van der Waals surface area (Å²) >= 11 is 0. The molecule has 2 N–H and O–H groups in total. The minimum Gasteiger partial charge on any atom is -0.335 e. The summed E-state index contributed by atoms with van der Waals surface area (Å²) in [6.45, 7) is 5.34. The summed E-state index contributed by atoms with van der Waals surface area (Å²) in [6.07, 6.45) is 11.1. The lowest BCUT2D eigenvalue weighted by Crippen LogP contribution is -2.46. The molecule has 0 unspecified atom stereocenters. The van der Waals surface area contributed by atoms with Gasteiger partial charge in [0.25, 0.3) is 5.91 Å². The molecule has 0 saturated heterocycles. The van der Waals surface area contributed by atoms with Crippen LogP contribution in [0, 0.1) is 0 Å². The molecule has 1 saturated carbocycles. The van der Waals surface area contributed by atoms with Crippen molar-refractivity contribution in [2.45, 2.75) is 103 Å². The number of halogens is 3. The first-order chi connectivity index (χ1) is 24.4. The highest BCUT2D eigenvalue weighted by atomic mass is 32.2. The molecule has 0 radical (unpaired) electrons. The summed E-state index contributed by atoms with van der Waals surface area (Å²) in [7, 11) is -5.87. The van der Waals surface area contributed by atoms with E-state index in [2.05, 4.69) is 23.7 Å². The summed E-state index contributed by atoms with van der Waals surface area (Å²) in [5.41, 5.74) is -1.55. The van der Waals surface area contributed by atoms with Crippen LogP contribution in [-0.2, 0) is 23.0 Å². The number of alkyl halides is 3. The number of aryl methyl sites for hydroxylation is 1. The van der Waals surface area contributed by atoms with Gasteiger partial charge in [-0.15, -0.1) is 0 Å². The Morgan fingerprint density at radius 1 is 0.922 bits per heavy atom. The second-order valence-electron chi connectivity index (χ2n) is 13.2. The molecule has 3 amide bonds. The molecular weight excluding hydrogens is 680 g/mol. The zero-order chi connectivity index (χ0) is 36.6. The molecule has 3 aromatic carbocycles. The van der Waals surface area contributed by atoms with Gasteiger partial charge in [-0.25, -0.2) is 14.5 Å². The van der Waals surface area contributed by atoms with Crippen molar-refractivity contribution in [3.05, 3.63) is 83.7 Å². The number of nitrogens with one attached hydrogen (secondary N) is 2. The van der Waals surface area contributed by atoms with E-state index < -0.39 is 21.4 Å². The molecule has 4 aromatic rings. The number of fused-ring (bicyclic) bond motifs is 1. The van der Waals surface area contributed by atoms with Crippen LogP contribution in [0.2, 0.25) is 0 Å². The maximum absolute atomic E-state index is 13.7. The van der Waals surface area contributed by atoms with Crippen LogP contribution in [0.25, 0.3) is 22.2 Å². The summed E-state index contributed by atoms with van der Waals surface area (Å²) in [4.78, 5) is 33.2. The molecule has 1 aliphatic carbocycles. The smallest absolute Gasteiger partial charge is 0.335 e. The molecule has 0 spiro atoms. The molecule has 51 heavy (non-hydrogen) atoms. The maximum atomic E-state index is 13.7. The number of carbonyl (C=O) groups excluding carboxylic acids is 2. The Hall–Kier alpha value is -4.39. The maximum Gasteiger partial charge on any atom is 0.516 e. The number of rotatable bonds is 14. The quantitative estimate of drug-likeness (QED) is 0.126. The van der Waals surface area contributed by atoms with Crippen LogP contribution >= 0.6 is 0 Å². The highest BCUT2D eigenvalue weighted by molar-refractivity contribution is 7.90. The van der Waals surface area contributed by atoms with E-state index in [4.69, 9.17) is 4.98 Å². The van der Waals surface area contributed by atoms with Crippen molar-refractivity contribution >= 4 is 38.7 Å². The standard InChI is InChI=1S/C38H46F3N5O4S/c1-3-5-12-24-45(37(48)42-29-13-8-7-9-14-29)30-22-23-33-34(25-30)46(35(43-33)17-6-4-2)26-27-18-20-28(21-19-27)31-15-10-11-16-32(31)36(47)44-51(49,50)38(39,40)41/h10-11,15-16,18-23,25,29H,3-9,12-14,17,24,26H2,1-2H3,(H,42,48)(H,44,47). The van der Waals surface area contributed by atoms with Gasteiger partial charge in [0, 0.05) is 36.8 Å². The number of amides is 3. The molecule has 5 rings (SSSR count). The fraction of sp³-hybridized carbons (Fsp3) is 0.447. The minimum atomic E-state index is -5.87. The van der Waals surface area contributed by atoms with Crippen LogP contribution in [0.15, 0.2) is 66.7 Å². The fourth-order valence-corrected chi connectivity index (χ4v) is 7.01. The predicted molar refractivity (Wildman–Crippen MR) is 194 cm³/mol. The highest BCUT2D eigenvalue weighted by Gasteiger charge is 2.47. The van der Waals surface area contributed by atoms with Gasteiger partial charge in [-0.05, 0) is 66.6 Å². The van der Waals surface area contributed by atoms with Gasteiger partial charge in [-0.2, -0.15) is 21.6 Å². The molecule has 9 nitrogen and oxygen atoms in total. The van der Waals surface area contributed by atoms with Crippen molar-refractivity contribution in [2.24, 2.45) is 0 Å². The van der Waals surface area contributed by atoms with Crippen molar-refractivity contribution < 1.29 is 31.2 Å². The third kappa shape index (κ3) is 9.29. The Morgan fingerprint density at radius 3 is 2.31 bits per heavy atom. The second-order valence-corrected chi connectivity index (χ2v) is 14.8. The van der Waals surface area contributed by atoms with Crippen molar-refractivity contribution in [3.63, 3.8) is 0 Å². The minimum absolute atomic E-state index is 0.0739. The number of benzene rings is 3. The number of carbonyl (C=O) groups is 2. The first-order valence-electron chi connectivity index (χ1n) is 17.8. The summed E-state index contributed by atoms with van der Waals surface area (Å²) in [6, 6.07) is 19.2. The number of urea groups is 1. The highest BCUT2D eigenvalue weighted by Crippen LogP contribution is 2.29. The van der Waals surface area contributed by atoms with Crippen LogP contribution in [0.1, 0.15) is 99.8 Å². The lowest BCUT2D eigenvalue weighted by Gasteiger charge is -2.28. The number of sulfonamides is 1. The van der Waals surface area contributed by atoms with E-state index in [0.29, 0.717) is 18.7 Å². The first kappa shape index (κ1) is 37.9. The number of unbranched alkanes of at least 4 members (excludes halogenated alkanes) is 3. The lowest BCUT2D eigenvalue weighted by molar-refractivity contribution is -0.0446. The topological polar surface area (TPSA) is 113 Å². The largest absolute Gasteiger partial charge is 0.516 e. The Labute approximate surface area is 297 Å². The Kier molecular flexibility index (Phi) is 12.4. The first-order valence-corrected chi connectivity index (χ1v) is 19.3. The molecule has 1 heterocycles. The van der Waals surface area contributed by atoms with Gasteiger partial charge in [0.1, 0.15) is 5.82 Å². The average Bonchev–Trinajstić information content (AvgIpc) is 3.45. The molecular formula is C38H46F3N5O4S. The molecule has 274 valence electrons. The van der Waals surface area contributed by atoms with E-state index in [1.807, 2.05) is 35.2 Å². The van der Waals surface area contributed by atoms with E-state index in [-0.39, 0.29) is 23.2 Å². The number of nitrogens with zero attached hydrogens (tertiary/aromatic N) is 3. The van der Waals surface area contributed by atoms with Gasteiger partial charge in [0.2, 0.25) is 0 Å². The number of imidazole rings is 1. The Balaban J connectivity index is 1.44. The Morgan fingerprint density at radius 2 is 1.63 bits per heavy atom. The molecule has 0 bridgehead atoms. The number of hydrogen-bond donors (Lipinski definition) is 2. The monoisotopic (exact) mass is 725 g/mol. The molecule has 1 aliphatic rings. The fourth-order valence-electron chi connectivity index (χ4n) is 6.54. The SMILES string of the molecule is CCCCCN(C(=O)NC1CCCCC1)c1ccc2nc(CCCC)n(Cc3ccc(-c4ccccc4C(=O)NS(=O)(=O)C(F)(F)F)cc3)c2c1. The zero-order valence-corrected chi connectivity index (χ0v) is 30.0. The van der Waals surface area contributed by atoms with Crippen molar-refractivity contribution in [1.82, 2.24) is 19.6 Å². The molecule has 0 aliphatic heterocycles. The second kappa shape index (κ2) is 16.8.